The molecule has 1 amide bonds. The van der Waals surface area contributed by atoms with Gasteiger partial charge in [0.05, 0.1) is 17.1 Å². The van der Waals surface area contributed by atoms with E-state index in [0.717, 1.165) is 42.9 Å². The van der Waals surface area contributed by atoms with Crippen LogP contribution in [0.1, 0.15) is 19.8 Å². The number of rotatable bonds is 4. The number of anilines is 1. The van der Waals surface area contributed by atoms with E-state index in [1.807, 2.05) is 25.2 Å². The fourth-order valence-electron chi connectivity index (χ4n) is 3.15. The van der Waals surface area contributed by atoms with Gasteiger partial charge in [0.15, 0.2) is 0 Å². The summed E-state index contributed by atoms with van der Waals surface area (Å²) in [7, 11) is 2.03. The number of para-hydroxylation sites is 2. The van der Waals surface area contributed by atoms with Gasteiger partial charge in [-0.05, 0) is 31.9 Å². The molecule has 1 aliphatic heterocycles. The standard InChI is InChI=1S/C17H24N4O2/c1-12(22)11-18-16(23)13-7-9-21(10-8-13)17-19-14-5-3-4-6-15(14)20(17)2/h3-6,12-13,22H,7-11H2,1-2H3,(H,18,23)/t12-/m0/s1. The first-order valence-electron chi connectivity index (χ1n) is 8.18. The van der Waals surface area contributed by atoms with Crippen LogP contribution in [-0.4, -0.2) is 46.3 Å². The van der Waals surface area contributed by atoms with Crippen LogP contribution in [0.5, 0.6) is 0 Å². The smallest absolute Gasteiger partial charge is 0.223 e. The van der Waals surface area contributed by atoms with Crippen LogP contribution in [0, 0.1) is 5.92 Å². The molecule has 1 aromatic heterocycles. The number of aliphatic hydroxyl groups is 1. The van der Waals surface area contributed by atoms with Gasteiger partial charge in [-0.3, -0.25) is 4.79 Å². The Bertz CT molecular complexity index is 687. The molecule has 23 heavy (non-hydrogen) atoms. The second-order valence-corrected chi connectivity index (χ2v) is 6.32. The predicted octanol–water partition coefficient (Wildman–Crippen LogP) is 1.29. The molecule has 0 saturated carbocycles. The summed E-state index contributed by atoms with van der Waals surface area (Å²) in [5, 5.41) is 12.1. The number of hydrogen-bond acceptors (Lipinski definition) is 4. The number of aryl methyl sites for hydroxylation is 1. The molecule has 6 heteroatoms. The number of nitrogens with one attached hydrogen (secondary N) is 1. The van der Waals surface area contributed by atoms with Crippen LogP contribution in [0.25, 0.3) is 11.0 Å². The highest BCUT2D eigenvalue weighted by Crippen LogP contribution is 2.25. The Hall–Kier alpha value is -2.08. The van der Waals surface area contributed by atoms with Gasteiger partial charge in [0.25, 0.3) is 0 Å². The van der Waals surface area contributed by atoms with E-state index in [1.54, 1.807) is 6.92 Å². The number of amides is 1. The molecule has 2 N–H and O–H groups in total. The molecule has 1 aromatic carbocycles. The number of fused-ring (bicyclic) bond motifs is 1. The van der Waals surface area contributed by atoms with E-state index >= 15 is 0 Å². The molecule has 1 fully saturated rings. The zero-order valence-electron chi connectivity index (χ0n) is 13.7. The number of aromatic nitrogens is 2. The Morgan fingerprint density at radius 2 is 2.09 bits per heavy atom. The van der Waals surface area contributed by atoms with Crippen molar-refractivity contribution in [2.24, 2.45) is 13.0 Å². The second kappa shape index (κ2) is 6.58. The number of benzene rings is 1. The van der Waals surface area contributed by atoms with Gasteiger partial charge in [0.2, 0.25) is 11.9 Å². The van der Waals surface area contributed by atoms with Gasteiger partial charge >= 0.3 is 0 Å². The van der Waals surface area contributed by atoms with Crippen LogP contribution in [0.2, 0.25) is 0 Å². The van der Waals surface area contributed by atoms with Crippen molar-refractivity contribution in [3.05, 3.63) is 24.3 Å². The Morgan fingerprint density at radius 3 is 2.74 bits per heavy atom. The van der Waals surface area contributed by atoms with Crippen molar-refractivity contribution < 1.29 is 9.90 Å². The highest BCUT2D eigenvalue weighted by Gasteiger charge is 2.27. The van der Waals surface area contributed by atoms with Crippen LogP contribution < -0.4 is 10.2 Å². The Kier molecular flexibility index (Phi) is 4.52. The molecule has 0 bridgehead atoms. The van der Waals surface area contributed by atoms with Crippen LogP contribution in [0.15, 0.2) is 24.3 Å². The molecular weight excluding hydrogens is 292 g/mol. The Morgan fingerprint density at radius 1 is 1.39 bits per heavy atom. The molecular formula is C17H24N4O2. The summed E-state index contributed by atoms with van der Waals surface area (Å²) in [5.74, 6) is 1.05. The van der Waals surface area contributed by atoms with Gasteiger partial charge in [-0.2, -0.15) is 0 Å². The lowest BCUT2D eigenvalue weighted by Crippen LogP contribution is -2.42. The van der Waals surface area contributed by atoms with E-state index in [9.17, 15) is 9.90 Å². The SMILES string of the molecule is C[C@H](O)CNC(=O)C1CCN(c2nc3ccccc3n2C)CC1. The maximum absolute atomic E-state index is 12.1. The number of carbonyl (C=O) groups excluding carboxylic acids is 1. The third kappa shape index (κ3) is 3.32. The fraction of sp³-hybridized carbons (Fsp3) is 0.529. The van der Waals surface area contributed by atoms with E-state index in [2.05, 4.69) is 20.9 Å². The minimum atomic E-state index is -0.501. The van der Waals surface area contributed by atoms with E-state index < -0.39 is 6.10 Å². The minimum Gasteiger partial charge on any atom is -0.392 e. The van der Waals surface area contributed by atoms with Gasteiger partial charge in [0, 0.05) is 32.6 Å². The monoisotopic (exact) mass is 316 g/mol. The summed E-state index contributed by atoms with van der Waals surface area (Å²) in [5.41, 5.74) is 2.13. The first-order chi connectivity index (χ1) is 11.1. The van der Waals surface area contributed by atoms with Crippen LogP contribution in [-0.2, 0) is 11.8 Å². The molecule has 2 heterocycles. The maximum atomic E-state index is 12.1. The third-order valence-electron chi connectivity index (χ3n) is 4.48. The number of piperidine rings is 1. The number of carbonyl (C=O) groups is 1. The topological polar surface area (TPSA) is 70.4 Å². The van der Waals surface area contributed by atoms with Gasteiger partial charge in [-0.1, -0.05) is 12.1 Å². The fourth-order valence-corrected chi connectivity index (χ4v) is 3.15. The van der Waals surface area contributed by atoms with E-state index in [0.29, 0.717) is 6.54 Å². The zero-order valence-corrected chi connectivity index (χ0v) is 13.7. The quantitative estimate of drug-likeness (QED) is 0.892. The van der Waals surface area contributed by atoms with E-state index in [-0.39, 0.29) is 11.8 Å². The van der Waals surface area contributed by atoms with Crippen LogP contribution in [0.3, 0.4) is 0 Å². The van der Waals surface area contributed by atoms with Crippen molar-refractivity contribution in [2.45, 2.75) is 25.9 Å². The maximum Gasteiger partial charge on any atom is 0.223 e. The van der Waals surface area contributed by atoms with Crippen LogP contribution >= 0.6 is 0 Å². The second-order valence-electron chi connectivity index (χ2n) is 6.32. The van der Waals surface area contributed by atoms with E-state index in [4.69, 9.17) is 4.98 Å². The van der Waals surface area contributed by atoms with Crippen molar-refractivity contribution in [3.8, 4) is 0 Å². The average Bonchev–Trinajstić information content (AvgIpc) is 2.90. The van der Waals surface area contributed by atoms with Crippen molar-refractivity contribution >= 4 is 22.9 Å². The van der Waals surface area contributed by atoms with Gasteiger partial charge < -0.3 is 19.9 Å². The van der Waals surface area contributed by atoms with Gasteiger partial charge in [-0.15, -0.1) is 0 Å². The third-order valence-corrected chi connectivity index (χ3v) is 4.48. The average molecular weight is 316 g/mol. The summed E-state index contributed by atoms with van der Waals surface area (Å²) in [4.78, 5) is 19.1. The lowest BCUT2D eigenvalue weighted by Gasteiger charge is -2.32. The van der Waals surface area contributed by atoms with E-state index in [1.165, 1.54) is 0 Å². The number of imidazole rings is 1. The minimum absolute atomic E-state index is 0.0275. The summed E-state index contributed by atoms with van der Waals surface area (Å²) >= 11 is 0. The molecule has 2 aromatic rings. The lowest BCUT2D eigenvalue weighted by atomic mass is 9.96. The first-order valence-corrected chi connectivity index (χ1v) is 8.18. The Labute approximate surface area is 136 Å². The molecule has 0 unspecified atom stereocenters. The molecule has 0 spiro atoms. The van der Waals surface area contributed by atoms with Crippen molar-refractivity contribution in [1.29, 1.82) is 0 Å². The molecule has 1 saturated heterocycles. The largest absolute Gasteiger partial charge is 0.392 e. The lowest BCUT2D eigenvalue weighted by molar-refractivity contribution is -0.126. The van der Waals surface area contributed by atoms with Crippen molar-refractivity contribution in [1.82, 2.24) is 14.9 Å². The van der Waals surface area contributed by atoms with Crippen LogP contribution in [0.4, 0.5) is 5.95 Å². The summed E-state index contributed by atoms with van der Waals surface area (Å²) in [6, 6.07) is 8.11. The molecule has 3 rings (SSSR count). The molecule has 0 radical (unpaired) electrons. The summed E-state index contributed by atoms with van der Waals surface area (Å²) in [6.07, 6.45) is 1.13. The number of hydrogen-bond donors (Lipinski definition) is 2. The normalized spacial score (nSPS) is 17.4. The van der Waals surface area contributed by atoms with Gasteiger partial charge in [-0.25, -0.2) is 4.98 Å². The van der Waals surface area contributed by atoms with Crippen molar-refractivity contribution in [3.63, 3.8) is 0 Å². The van der Waals surface area contributed by atoms with Gasteiger partial charge in [0.1, 0.15) is 0 Å². The molecule has 6 nitrogen and oxygen atoms in total. The number of nitrogens with zero attached hydrogens (tertiary/aromatic N) is 3. The highest BCUT2D eigenvalue weighted by molar-refractivity contribution is 5.80. The first kappa shape index (κ1) is 15.8. The molecule has 0 aliphatic carbocycles. The molecule has 124 valence electrons. The predicted molar refractivity (Wildman–Crippen MR) is 90.3 cm³/mol. The summed E-state index contributed by atoms with van der Waals surface area (Å²) in [6.45, 7) is 3.65. The zero-order chi connectivity index (χ0) is 16.4. The molecule has 1 aliphatic rings. The molecule has 1 atom stereocenters. The Balaban J connectivity index is 1.64. The van der Waals surface area contributed by atoms with Crippen molar-refractivity contribution in [2.75, 3.05) is 24.5 Å². The highest BCUT2D eigenvalue weighted by atomic mass is 16.3. The number of aliphatic hydroxyl groups excluding tert-OH is 1. The summed E-state index contributed by atoms with van der Waals surface area (Å²) < 4.78 is 2.11.